The van der Waals surface area contributed by atoms with Gasteiger partial charge in [0.25, 0.3) is 0 Å². The number of rotatable bonds is 8. The van der Waals surface area contributed by atoms with E-state index in [1.807, 2.05) is 12.1 Å². The molecule has 1 amide bonds. The summed E-state index contributed by atoms with van der Waals surface area (Å²) in [5.74, 6) is 1.87. The average molecular weight is 358 g/mol. The highest BCUT2D eigenvalue weighted by atomic mass is 16.1. The van der Waals surface area contributed by atoms with E-state index in [2.05, 4.69) is 39.4 Å². The average Bonchev–Trinajstić information content (AvgIpc) is 3.16. The van der Waals surface area contributed by atoms with Crippen LogP contribution in [0.25, 0.3) is 5.65 Å². The van der Waals surface area contributed by atoms with Crippen molar-refractivity contribution in [3.63, 3.8) is 0 Å². The van der Waals surface area contributed by atoms with Crippen molar-refractivity contribution in [2.45, 2.75) is 52.4 Å². The molecule has 1 unspecified atom stereocenters. The molecule has 0 aliphatic carbocycles. The first kappa shape index (κ1) is 18.6. The molecule has 142 valence electrons. The van der Waals surface area contributed by atoms with Gasteiger partial charge in [0.1, 0.15) is 12.1 Å². The summed E-state index contributed by atoms with van der Waals surface area (Å²) in [5, 5.41) is 15.6. The van der Waals surface area contributed by atoms with E-state index in [1.165, 1.54) is 19.3 Å². The zero-order chi connectivity index (χ0) is 18.4. The van der Waals surface area contributed by atoms with Crippen LogP contribution >= 0.6 is 0 Å². The third-order valence-corrected chi connectivity index (χ3v) is 5.45. The van der Waals surface area contributed by atoms with E-state index < -0.39 is 0 Å². The van der Waals surface area contributed by atoms with Crippen molar-refractivity contribution in [3.8, 4) is 0 Å². The monoisotopic (exact) mass is 358 g/mol. The number of unbranched alkanes of at least 4 members (excludes halogenated alkanes) is 1. The quantitative estimate of drug-likeness (QED) is 0.785. The lowest BCUT2D eigenvalue weighted by molar-refractivity contribution is -0.125. The van der Waals surface area contributed by atoms with Crippen LogP contribution in [0, 0.1) is 11.8 Å². The Morgan fingerprint density at radius 2 is 2.12 bits per heavy atom. The Hall–Kier alpha value is -2.18. The lowest BCUT2D eigenvalue weighted by Gasteiger charge is -2.32. The molecule has 0 aromatic carbocycles. The van der Waals surface area contributed by atoms with Crippen LogP contribution in [0.1, 0.15) is 52.4 Å². The number of carbonyl (C=O) groups excluding carboxylic acids is 1. The lowest BCUT2D eigenvalue weighted by atomic mass is 9.94. The summed E-state index contributed by atoms with van der Waals surface area (Å²) in [6.45, 7) is 6.96. The fourth-order valence-electron chi connectivity index (χ4n) is 3.59. The number of amides is 1. The number of aromatic nitrogens is 4. The molecule has 1 aliphatic heterocycles. The normalized spacial score (nSPS) is 16.8. The molecule has 1 aliphatic rings. The Balaban J connectivity index is 1.47. The smallest absolute Gasteiger partial charge is 0.223 e. The molecule has 1 fully saturated rings. The van der Waals surface area contributed by atoms with Gasteiger partial charge in [0, 0.05) is 25.6 Å². The van der Waals surface area contributed by atoms with Gasteiger partial charge < -0.3 is 10.2 Å². The Labute approximate surface area is 155 Å². The maximum atomic E-state index is 12.5. The molecular formula is C19H30N6O. The molecule has 26 heavy (non-hydrogen) atoms. The molecule has 7 heteroatoms. The Morgan fingerprint density at radius 1 is 1.31 bits per heavy atom. The summed E-state index contributed by atoms with van der Waals surface area (Å²) < 4.78 is 1.69. The predicted octanol–water partition coefficient (Wildman–Crippen LogP) is 2.67. The molecule has 1 saturated heterocycles. The molecule has 2 aromatic heterocycles. The third kappa shape index (κ3) is 4.51. The van der Waals surface area contributed by atoms with Crippen LogP contribution in [0.2, 0.25) is 0 Å². The molecule has 3 heterocycles. The SMILES string of the molecule is CCCCC(CC)CNC(=O)C1CCN(c2ccc3nncn3n2)CC1. The number of hydrogen-bond donors (Lipinski definition) is 1. The largest absolute Gasteiger partial charge is 0.356 e. The fraction of sp³-hybridized carbons (Fsp3) is 0.684. The lowest BCUT2D eigenvalue weighted by Crippen LogP contribution is -2.42. The molecule has 1 N–H and O–H groups in total. The molecule has 0 radical (unpaired) electrons. The van der Waals surface area contributed by atoms with Crippen LogP contribution in [0.3, 0.4) is 0 Å². The first-order valence-electron chi connectivity index (χ1n) is 9.91. The summed E-state index contributed by atoms with van der Waals surface area (Å²) >= 11 is 0. The Kier molecular flexibility index (Phi) is 6.41. The molecular weight excluding hydrogens is 328 g/mol. The van der Waals surface area contributed by atoms with E-state index in [9.17, 15) is 4.79 Å². The van der Waals surface area contributed by atoms with Gasteiger partial charge in [0.2, 0.25) is 5.91 Å². The van der Waals surface area contributed by atoms with Gasteiger partial charge >= 0.3 is 0 Å². The number of piperidine rings is 1. The summed E-state index contributed by atoms with van der Waals surface area (Å²) in [6, 6.07) is 3.90. The van der Waals surface area contributed by atoms with Crippen molar-refractivity contribution in [2.75, 3.05) is 24.5 Å². The van der Waals surface area contributed by atoms with Crippen molar-refractivity contribution in [1.29, 1.82) is 0 Å². The van der Waals surface area contributed by atoms with Crippen molar-refractivity contribution < 1.29 is 4.79 Å². The van der Waals surface area contributed by atoms with E-state index in [0.717, 1.165) is 50.4 Å². The van der Waals surface area contributed by atoms with E-state index in [4.69, 9.17) is 0 Å². The van der Waals surface area contributed by atoms with Gasteiger partial charge in [-0.15, -0.1) is 15.3 Å². The number of carbonyl (C=O) groups is 1. The number of nitrogens with one attached hydrogen (secondary N) is 1. The van der Waals surface area contributed by atoms with Crippen LogP contribution in [0.15, 0.2) is 18.5 Å². The maximum absolute atomic E-state index is 12.5. The highest BCUT2D eigenvalue weighted by Crippen LogP contribution is 2.22. The topological polar surface area (TPSA) is 75.4 Å². The van der Waals surface area contributed by atoms with Crippen molar-refractivity contribution >= 4 is 17.4 Å². The first-order chi connectivity index (χ1) is 12.7. The standard InChI is InChI=1S/C19H30N6O/c1-3-5-6-15(4-2)13-20-19(26)16-9-11-24(12-10-16)18-8-7-17-22-21-14-25(17)23-18/h7-8,14-16H,3-6,9-13H2,1-2H3,(H,20,26). The van der Waals surface area contributed by atoms with Gasteiger partial charge in [0.05, 0.1) is 0 Å². The molecule has 2 aromatic rings. The highest BCUT2D eigenvalue weighted by molar-refractivity contribution is 5.79. The van der Waals surface area contributed by atoms with Crippen LogP contribution in [-0.2, 0) is 4.79 Å². The fourth-order valence-corrected chi connectivity index (χ4v) is 3.59. The molecule has 0 bridgehead atoms. The van der Waals surface area contributed by atoms with Crippen molar-refractivity contribution in [1.82, 2.24) is 25.1 Å². The number of nitrogens with zero attached hydrogens (tertiary/aromatic N) is 5. The molecule has 1 atom stereocenters. The van der Waals surface area contributed by atoms with Gasteiger partial charge in [-0.3, -0.25) is 4.79 Å². The van der Waals surface area contributed by atoms with Crippen LogP contribution in [0.5, 0.6) is 0 Å². The minimum atomic E-state index is 0.119. The second-order valence-electron chi connectivity index (χ2n) is 7.25. The Morgan fingerprint density at radius 3 is 2.85 bits per heavy atom. The summed E-state index contributed by atoms with van der Waals surface area (Å²) in [6.07, 6.45) is 8.17. The van der Waals surface area contributed by atoms with Gasteiger partial charge in [0.15, 0.2) is 5.65 Å². The van der Waals surface area contributed by atoms with Gasteiger partial charge in [-0.05, 0) is 37.3 Å². The number of fused-ring (bicyclic) bond motifs is 1. The molecule has 0 spiro atoms. The second kappa shape index (κ2) is 8.96. The van der Waals surface area contributed by atoms with E-state index in [0.29, 0.717) is 5.92 Å². The van der Waals surface area contributed by atoms with Gasteiger partial charge in [-0.1, -0.05) is 33.1 Å². The van der Waals surface area contributed by atoms with Crippen LogP contribution < -0.4 is 10.2 Å². The third-order valence-electron chi connectivity index (χ3n) is 5.45. The predicted molar refractivity (Wildman–Crippen MR) is 102 cm³/mol. The zero-order valence-corrected chi connectivity index (χ0v) is 15.9. The van der Waals surface area contributed by atoms with E-state index in [-0.39, 0.29) is 11.8 Å². The molecule has 3 rings (SSSR count). The van der Waals surface area contributed by atoms with Crippen LogP contribution in [-0.4, -0.2) is 45.4 Å². The van der Waals surface area contributed by atoms with Crippen molar-refractivity contribution in [2.24, 2.45) is 11.8 Å². The van der Waals surface area contributed by atoms with E-state index in [1.54, 1.807) is 10.8 Å². The molecule has 7 nitrogen and oxygen atoms in total. The highest BCUT2D eigenvalue weighted by Gasteiger charge is 2.26. The van der Waals surface area contributed by atoms with Gasteiger partial charge in [-0.2, -0.15) is 4.52 Å². The zero-order valence-electron chi connectivity index (χ0n) is 15.9. The number of anilines is 1. The summed E-state index contributed by atoms with van der Waals surface area (Å²) in [7, 11) is 0. The maximum Gasteiger partial charge on any atom is 0.223 e. The molecule has 0 saturated carbocycles. The minimum absolute atomic E-state index is 0.119. The number of hydrogen-bond acceptors (Lipinski definition) is 5. The second-order valence-corrected chi connectivity index (χ2v) is 7.25. The van der Waals surface area contributed by atoms with Gasteiger partial charge in [-0.25, -0.2) is 0 Å². The summed E-state index contributed by atoms with van der Waals surface area (Å²) in [4.78, 5) is 14.7. The minimum Gasteiger partial charge on any atom is -0.356 e. The van der Waals surface area contributed by atoms with Crippen molar-refractivity contribution in [3.05, 3.63) is 18.5 Å². The first-order valence-corrected chi connectivity index (χ1v) is 9.91. The van der Waals surface area contributed by atoms with Crippen LogP contribution in [0.4, 0.5) is 5.82 Å². The Bertz CT molecular complexity index is 707. The summed E-state index contributed by atoms with van der Waals surface area (Å²) in [5.41, 5.74) is 0.747. The van der Waals surface area contributed by atoms with E-state index >= 15 is 0 Å².